The van der Waals surface area contributed by atoms with Crippen molar-refractivity contribution in [3.8, 4) is 11.4 Å². The number of anilines is 1. The summed E-state index contributed by atoms with van der Waals surface area (Å²) in [6.45, 7) is 6.14. The van der Waals surface area contributed by atoms with Gasteiger partial charge in [0.25, 0.3) is 0 Å². The molecule has 5 nitrogen and oxygen atoms in total. The number of piperidine rings is 2. The fraction of sp³-hybridized carbons (Fsp3) is 0.481. The van der Waals surface area contributed by atoms with Crippen LogP contribution in [0, 0.1) is 5.41 Å². The second-order valence-electron chi connectivity index (χ2n) is 9.60. The first-order valence-electron chi connectivity index (χ1n) is 12.3. The minimum Gasteiger partial charge on any atom is -0.371 e. The molecule has 3 aromatic rings. The second kappa shape index (κ2) is 10.3. The van der Waals surface area contributed by atoms with Gasteiger partial charge in [-0.3, -0.25) is 0 Å². The molecule has 2 saturated heterocycles. The predicted octanol–water partition coefficient (Wildman–Crippen LogP) is 5.35. The molecule has 0 amide bonds. The van der Waals surface area contributed by atoms with Crippen LogP contribution >= 0.6 is 11.8 Å². The van der Waals surface area contributed by atoms with Gasteiger partial charge in [-0.15, -0.1) is 10.2 Å². The van der Waals surface area contributed by atoms with Gasteiger partial charge >= 0.3 is 0 Å². The van der Waals surface area contributed by atoms with Crippen molar-refractivity contribution < 1.29 is 0 Å². The lowest BCUT2D eigenvalue weighted by Crippen LogP contribution is -2.47. The van der Waals surface area contributed by atoms with Gasteiger partial charge in [-0.05, 0) is 69.3 Å². The number of likely N-dealkylation sites (tertiary alicyclic amines) is 1. The lowest BCUT2D eigenvalue weighted by atomic mass is 9.71. The van der Waals surface area contributed by atoms with E-state index >= 15 is 0 Å². The normalized spacial score (nSPS) is 18.6. The van der Waals surface area contributed by atoms with Crippen LogP contribution in [0.4, 0.5) is 5.69 Å². The largest absolute Gasteiger partial charge is 0.371 e. The van der Waals surface area contributed by atoms with Crippen molar-refractivity contribution >= 4 is 17.4 Å². The summed E-state index contributed by atoms with van der Waals surface area (Å²) < 4.78 is 2.12. The van der Waals surface area contributed by atoms with Gasteiger partial charge in [-0.2, -0.15) is 0 Å². The van der Waals surface area contributed by atoms with E-state index in [0.717, 1.165) is 22.3 Å². The average molecular weight is 462 g/mol. The highest BCUT2D eigenvalue weighted by atomic mass is 32.2. The van der Waals surface area contributed by atoms with Gasteiger partial charge in [0, 0.05) is 37.1 Å². The molecule has 0 radical (unpaired) electrons. The monoisotopic (exact) mass is 461 g/mol. The topological polar surface area (TPSA) is 37.2 Å². The number of rotatable bonds is 7. The van der Waals surface area contributed by atoms with Crippen LogP contribution in [0.25, 0.3) is 11.4 Å². The maximum Gasteiger partial charge on any atom is 0.191 e. The smallest absolute Gasteiger partial charge is 0.191 e. The van der Waals surface area contributed by atoms with Gasteiger partial charge in [0.05, 0.1) is 0 Å². The summed E-state index contributed by atoms with van der Waals surface area (Å²) in [7, 11) is 2.07. The zero-order valence-electron chi connectivity index (χ0n) is 19.7. The van der Waals surface area contributed by atoms with Crippen molar-refractivity contribution in [2.75, 3.05) is 43.4 Å². The number of thioether (sulfide) groups is 1. The molecule has 5 rings (SSSR count). The molecule has 3 heterocycles. The molecule has 2 aliphatic rings. The molecule has 1 spiro atoms. The van der Waals surface area contributed by atoms with E-state index in [-0.39, 0.29) is 0 Å². The lowest BCUT2D eigenvalue weighted by Gasteiger charge is -2.47. The van der Waals surface area contributed by atoms with Crippen LogP contribution in [-0.2, 0) is 7.05 Å². The second-order valence-corrected chi connectivity index (χ2v) is 10.7. The van der Waals surface area contributed by atoms with Crippen LogP contribution in [-0.4, -0.2) is 58.1 Å². The third-order valence-corrected chi connectivity index (χ3v) is 8.69. The van der Waals surface area contributed by atoms with Gasteiger partial charge in [0.1, 0.15) is 0 Å². The molecule has 1 aromatic heterocycles. The van der Waals surface area contributed by atoms with Crippen molar-refractivity contribution in [3.05, 3.63) is 60.7 Å². The molecular weight excluding hydrogens is 426 g/mol. The van der Waals surface area contributed by atoms with Crippen LogP contribution in [0.5, 0.6) is 0 Å². The van der Waals surface area contributed by atoms with E-state index in [0.29, 0.717) is 5.41 Å². The van der Waals surface area contributed by atoms with Gasteiger partial charge in [0.15, 0.2) is 11.0 Å². The van der Waals surface area contributed by atoms with Crippen LogP contribution in [0.15, 0.2) is 65.8 Å². The number of nitrogens with zero attached hydrogens (tertiary/aromatic N) is 5. The van der Waals surface area contributed by atoms with E-state index in [9.17, 15) is 0 Å². The molecule has 174 valence electrons. The van der Waals surface area contributed by atoms with Gasteiger partial charge in [0.2, 0.25) is 0 Å². The number of aromatic nitrogens is 3. The Morgan fingerprint density at radius 2 is 1.45 bits per heavy atom. The SMILES string of the molecule is Cn1c(SCCCN2CCC3(CC2)CCN(c2ccccc2)CC3)nnc1-c1ccccc1. The van der Waals surface area contributed by atoms with Crippen molar-refractivity contribution in [1.82, 2.24) is 19.7 Å². The minimum absolute atomic E-state index is 0.586. The quantitative estimate of drug-likeness (QED) is 0.350. The molecule has 6 heteroatoms. The maximum atomic E-state index is 4.42. The Hall–Kier alpha value is -2.31. The van der Waals surface area contributed by atoms with Crippen LogP contribution in [0.2, 0.25) is 0 Å². The zero-order chi connectivity index (χ0) is 22.5. The number of hydrogen-bond donors (Lipinski definition) is 0. The number of benzene rings is 2. The molecule has 2 aliphatic heterocycles. The molecule has 33 heavy (non-hydrogen) atoms. The first-order valence-corrected chi connectivity index (χ1v) is 13.3. The minimum atomic E-state index is 0.586. The Morgan fingerprint density at radius 1 is 0.818 bits per heavy atom. The zero-order valence-corrected chi connectivity index (χ0v) is 20.5. The fourth-order valence-electron chi connectivity index (χ4n) is 5.36. The Balaban J connectivity index is 1.03. The molecule has 0 bridgehead atoms. The summed E-state index contributed by atoms with van der Waals surface area (Å²) in [5.41, 5.74) is 3.10. The molecule has 0 atom stereocenters. The molecular formula is C27H35N5S. The van der Waals surface area contributed by atoms with Gasteiger partial charge < -0.3 is 14.4 Å². The Morgan fingerprint density at radius 3 is 2.15 bits per heavy atom. The summed E-state index contributed by atoms with van der Waals surface area (Å²) in [5, 5.41) is 9.84. The third kappa shape index (κ3) is 5.28. The standard InChI is InChI=1S/C27H35N5S/c1-30-25(23-9-4-2-5-10-23)28-29-26(30)33-22-8-17-31-18-13-27(14-19-31)15-20-32(21-16-27)24-11-6-3-7-12-24/h2-7,9-12H,8,13-22H2,1H3. The summed E-state index contributed by atoms with van der Waals surface area (Å²) in [6.07, 6.45) is 6.63. The molecule has 0 unspecified atom stereocenters. The Bertz CT molecular complexity index is 1000. The summed E-state index contributed by atoms with van der Waals surface area (Å²) >= 11 is 1.83. The van der Waals surface area contributed by atoms with E-state index in [2.05, 4.69) is 74.1 Å². The van der Waals surface area contributed by atoms with Gasteiger partial charge in [-0.1, -0.05) is 60.3 Å². The summed E-state index contributed by atoms with van der Waals surface area (Å²) in [6, 6.07) is 21.2. The highest BCUT2D eigenvalue weighted by molar-refractivity contribution is 7.99. The molecule has 2 aromatic carbocycles. The van der Waals surface area contributed by atoms with E-state index in [1.807, 2.05) is 30.0 Å². The first kappa shape index (κ1) is 22.5. The predicted molar refractivity (Wildman–Crippen MR) is 138 cm³/mol. The lowest BCUT2D eigenvalue weighted by molar-refractivity contribution is 0.0802. The van der Waals surface area contributed by atoms with Crippen LogP contribution < -0.4 is 4.90 Å². The van der Waals surface area contributed by atoms with E-state index < -0.39 is 0 Å². The Labute approximate surface area is 202 Å². The average Bonchev–Trinajstić information content (AvgIpc) is 3.25. The van der Waals surface area contributed by atoms with Crippen molar-refractivity contribution in [2.45, 2.75) is 37.3 Å². The molecule has 0 saturated carbocycles. The Kier molecular flexibility index (Phi) is 7.02. The van der Waals surface area contributed by atoms with Crippen molar-refractivity contribution in [2.24, 2.45) is 12.5 Å². The van der Waals surface area contributed by atoms with Crippen LogP contribution in [0.3, 0.4) is 0 Å². The van der Waals surface area contributed by atoms with Crippen molar-refractivity contribution in [1.29, 1.82) is 0 Å². The maximum absolute atomic E-state index is 4.42. The van der Waals surface area contributed by atoms with E-state index in [1.165, 1.54) is 70.5 Å². The van der Waals surface area contributed by atoms with Crippen molar-refractivity contribution in [3.63, 3.8) is 0 Å². The molecule has 0 aliphatic carbocycles. The van der Waals surface area contributed by atoms with E-state index in [4.69, 9.17) is 0 Å². The number of para-hydroxylation sites is 1. The fourth-order valence-corrected chi connectivity index (χ4v) is 6.19. The van der Waals surface area contributed by atoms with Crippen LogP contribution in [0.1, 0.15) is 32.1 Å². The van der Waals surface area contributed by atoms with Gasteiger partial charge in [-0.25, -0.2) is 0 Å². The third-order valence-electron chi connectivity index (χ3n) is 7.58. The number of hydrogen-bond acceptors (Lipinski definition) is 5. The summed E-state index contributed by atoms with van der Waals surface area (Å²) in [5.74, 6) is 2.03. The highest BCUT2D eigenvalue weighted by Gasteiger charge is 2.37. The summed E-state index contributed by atoms with van der Waals surface area (Å²) in [4.78, 5) is 5.26. The first-order chi connectivity index (χ1) is 16.2. The molecule has 0 N–H and O–H groups in total. The van der Waals surface area contributed by atoms with E-state index in [1.54, 1.807) is 0 Å². The highest BCUT2D eigenvalue weighted by Crippen LogP contribution is 2.42. The molecule has 2 fully saturated rings.